The molecule has 0 bridgehead atoms. The van der Waals surface area contributed by atoms with Gasteiger partial charge >= 0.3 is 0 Å². The zero-order valence-electron chi connectivity index (χ0n) is 7.10. The van der Waals surface area contributed by atoms with E-state index < -0.39 is 0 Å². The Bertz CT molecular complexity index is 53.2. The zero-order valence-corrected chi connectivity index (χ0v) is 9.07. The molecular weight excluding hydrogens is 163 g/mol. The summed E-state index contributed by atoms with van der Waals surface area (Å²) >= 11 is 0. The lowest BCUT2D eigenvalue weighted by Gasteiger charge is -2.09. The molecule has 0 aliphatic heterocycles. The van der Waals surface area contributed by atoms with Crippen LogP contribution in [-0.2, 0) is 0 Å². The van der Waals surface area contributed by atoms with Crippen molar-refractivity contribution in [2.75, 3.05) is 6.16 Å². The van der Waals surface area contributed by atoms with Crippen molar-refractivity contribution in [2.24, 2.45) is 5.92 Å². The third kappa shape index (κ3) is 6.83. The highest BCUT2D eigenvalue weighted by molar-refractivity contribution is 7.16. The first-order valence-corrected chi connectivity index (χ1v) is 4.86. The monoisotopic (exact) mass is 182 g/mol. The van der Waals surface area contributed by atoms with Crippen LogP contribution in [0.25, 0.3) is 0 Å². The van der Waals surface area contributed by atoms with E-state index in [0.29, 0.717) is 0 Å². The molecule has 0 aliphatic carbocycles. The summed E-state index contributed by atoms with van der Waals surface area (Å²) in [5.74, 6) is 0.968. The standard InChI is InChI=1S/C8H19P.ClH/c1-3-5-6-8(4-2)7-9;/h8H,3-7,9H2,1-2H3;1H. The molecule has 2 atom stereocenters. The molecule has 0 radical (unpaired) electrons. The molecule has 0 heterocycles. The van der Waals surface area contributed by atoms with Gasteiger partial charge in [0.25, 0.3) is 0 Å². The van der Waals surface area contributed by atoms with Crippen LogP contribution in [0.5, 0.6) is 0 Å². The van der Waals surface area contributed by atoms with Gasteiger partial charge in [-0.05, 0) is 12.1 Å². The average Bonchev–Trinajstić information content (AvgIpc) is 1.91. The molecule has 0 N–H and O–H groups in total. The van der Waals surface area contributed by atoms with Gasteiger partial charge in [0.05, 0.1) is 0 Å². The summed E-state index contributed by atoms with van der Waals surface area (Å²) in [5, 5.41) is 0. The first-order chi connectivity index (χ1) is 4.35. The van der Waals surface area contributed by atoms with Crippen LogP contribution >= 0.6 is 21.6 Å². The second-order valence-corrected chi connectivity index (χ2v) is 3.12. The van der Waals surface area contributed by atoms with E-state index in [1.54, 1.807) is 0 Å². The van der Waals surface area contributed by atoms with Crippen LogP contribution in [0.4, 0.5) is 0 Å². The largest absolute Gasteiger partial charge is 0.147 e. The molecule has 0 fully saturated rings. The Kier molecular flexibility index (Phi) is 12.9. The summed E-state index contributed by atoms with van der Waals surface area (Å²) in [5.41, 5.74) is 0. The van der Waals surface area contributed by atoms with E-state index in [4.69, 9.17) is 0 Å². The Hall–Kier alpha value is 0.720. The minimum atomic E-state index is 0. The van der Waals surface area contributed by atoms with Crippen LogP contribution in [0.3, 0.4) is 0 Å². The summed E-state index contributed by atoms with van der Waals surface area (Å²) in [6.07, 6.45) is 6.82. The summed E-state index contributed by atoms with van der Waals surface area (Å²) in [7, 11) is 2.83. The molecule has 0 amide bonds. The maximum absolute atomic E-state index is 2.83. The van der Waals surface area contributed by atoms with E-state index in [2.05, 4.69) is 23.1 Å². The smallest absolute Gasteiger partial charge is 0.0353 e. The Labute approximate surface area is 73.8 Å². The van der Waals surface area contributed by atoms with Gasteiger partial charge in [0.1, 0.15) is 0 Å². The van der Waals surface area contributed by atoms with E-state index in [9.17, 15) is 0 Å². The van der Waals surface area contributed by atoms with Crippen molar-refractivity contribution < 1.29 is 0 Å². The second kappa shape index (κ2) is 9.72. The van der Waals surface area contributed by atoms with Gasteiger partial charge in [-0.2, -0.15) is 0 Å². The van der Waals surface area contributed by atoms with E-state index in [-0.39, 0.29) is 12.4 Å². The molecule has 0 aromatic heterocycles. The summed E-state index contributed by atoms with van der Waals surface area (Å²) in [6.45, 7) is 4.54. The molecule has 2 heteroatoms. The third-order valence-electron chi connectivity index (χ3n) is 1.88. The Morgan fingerprint density at radius 2 is 1.90 bits per heavy atom. The quantitative estimate of drug-likeness (QED) is 0.571. The number of halogens is 1. The molecule has 0 rings (SSSR count). The summed E-state index contributed by atoms with van der Waals surface area (Å²) in [6, 6.07) is 0. The SMILES string of the molecule is CCCCC(CC)CP.Cl. The molecule has 64 valence electrons. The molecule has 0 saturated carbocycles. The van der Waals surface area contributed by atoms with E-state index in [0.717, 1.165) is 5.92 Å². The highest BCUT2D eigenvalue weighted by Crippen LogP contribution is 2.14. The van der Waals surface area contributed by atoms with Gasteiger partial charge in [0.2, 0.25) is 0 Å². The lowest BCUT2D eigenvalue weighted by atomic mass is 10.0. The van der Waals surface area contributed by atoms with E-state index in [1.165, 1.54) is 31.8 Å². The molecule has 0 spiro atoms. The van der Waals surface area contributed by atoms with Gasteiger partial charge in [-0.25, -0.2) is 0 Å². The number of hydrogen-bond acceptors (Lipinski definition) is 0. The maximum Gasteiger partial charge on any atom is -0.0353 e. The highest BCUT2D eigenvalue weighted by Gasteiger charge is 2.00. The molecule has 0 aliphatic rings. The maximum atomic E-state index is 2.83. The normalized spacial score (nSPS) is 12.3. The van der Waals surface area contributed by atoms with Gasteiger partial charge in [-0.1, -0.05) is 39.5 Å². The fourth-order valence-corrected chi connectivity index (χ4v) is 1.55. The second-order valence-electron chi connectivity index (χ2n) is 2.65. The van der Waals surface area contributed by atoms with E-state index in [1.807, 2.05) is 0 Å². The lowest BCUT2D eigenvalue weighted by Crippen LogP contribution is -1.98. The minimum Gasteiger partial charge on any atom is -0.147 e. The van der Waals surface area contributed by atoms with Crippen LogP contribution in [0, 0.1) is 5.92 Å². The lowest BCUT2D eigenvalue weighted by molar-refractivity contribution is 0.499. The van der Waals surface area contributed by atoms with Gasteiger partial charge in [0.15, 0.2) is 0 Å². The van der Waals surface area contributed by atoms with E-state index >= 15 is 0 Å². The Morgan fingerprint density at radius 3 is 2.20 bits per heavy atom. The molecule has 2 unspecified atom stereocenters. The summed E-state index contributed by atoms with van der Waals surface area (Å²) in [4.78, 5) is 0. The first-order valence-electron chi connectivity index (χ1n) is 4.05. The van der Waals surface area contributed by atoms with Crippen LogP contribution in [0.1, 0.15) is 39.5 Å². The van der Waals surface area contributed by atoms with Crippen molar-refractivity contribution in [3.05, 3.63) is 0 Å². The fourth-order valence-electron chi connectivity index (χ4n) is 0.981. The number of unbranched alkanes of at least 4 members (excludes halogenated alkanes) is 1. The molecule has 10 heavy (non-hydrogen) atoms. The van der Waals surface area contributed by atoms with Crippen LogP contribution < -0.4 is 0 Å². The average molecular weight is 183 g/mol. The predicted molar refractivity (Wildman–Crippen MR) is 55.1 cm³/mol. The van der Waals surface area contributed by atoms with Gasteiger partial charge < -0.3 is 0 Å². The van der Waals surface area contributed by atoms with Crippen LogP contribution in [-0.4, -0.2) is 6.16 Å². The zero-order chi connectivity index (χ0) is 7.11. The molecule has 0 saturated heterocycles. The topological polar surface area (TPSA) is 0 Å². The van der Waals surface area contributed by atoms with Crippen molar-refractivity contribution in [1.29, 1.82) is 0 Å². The van der Waals surface area contributed by atoms with Crippen LogP contribution in [0.2, 0.25) is 0 Å². The summed E-state index contributed by atoms with van der Waals surface area (Å²) < 4.78 is 0. The van der Waals surface area contributed by atoms with Crippen molar-refractivity contribution >= 4 is 21.6 Å². The first kappa shape index (κ1) is 13.3. The highest BCUT2D eigenvalue weighted by atomic mass is 35.5. The Morgan fingerprint density at radius 1 is 1.30 bits per heavy atom. The fraction of sp³-hybridized carbons (Fsp3) is 1.00. The number of hydrogen-bond donors (Lipinski definition) is 0. The molecule has 0 aromatic rings. The number of rotatable bonds is 5. The molecular formula is C8H20ClP. The van der Waals surface area contributed by atoms with Crippen molar-refractivity contribution in [3.8, 4) is 0 Å². The third-order valence-corrected chi connectivity index (χ3v) is 2.54. The molecule has 0 aromatic carbocycles. The van der Waals surface area contributed by atoms with Gasteiger partial charge in [0, 0.05) is 0 Å². The predicted octanol–water partition coefficient (Wildman–Crippen LogP) is 3.50. The van der Waals surface area contributed by atoms with Gasteiger partial charge in [-0.15, -0.1) is 21.6 Å². The molecule has 0 nitrogen and oxygen atoms in total. The Balaban J connectivity index is 0. The van der Waals surface area contributed by atoms with Crippen molar-refractivity contribution in [2.45, 2.75) is 39.5 Å². The minimum absolute atomic E-state index is 0. The van der Waals surface area contributed by atoms with Crippen molar-refractivity contribution in [3.63, 3.8) is 0 Å². The van der Waals surface area contributed by atoms with Crippen LogP contribution in [0.15, 0.2) is 0 Å². The van der Waals surface area contributed by atoms with Gasteiger partial charge in [-0.3, -0.25) is 0 Å². The van der Waals surface area contributed by atoms with Crippen molar-refractivity contribution in [1.82, 2.24) is 0 Å².